The Morgan fingerprint density at radius 1 is 1.16 bits per heavy atom. The molecule has 5 heteroatoms. The summed E-state index contributed by atoms with van der Waals surface area (Å²) in [5.41, 5.74) is 1.08. The highest BCUT2D eigenvalue weighted by molar-refractivity contribution is 9.10. The monoisotopic (exact) mass is 325 g/mol. The van der Waals surface area contributed by atoms with Crippen molar-refractivity contribution in [3.05, 3.63) is 63.6 Å². The molecule has 98 valence electrons. The van der Waals surface area contributed by atoms with Gasteiger partial charge in [0.05, 0.1) is 5.69 Å². The Balaban J connectivity index is 2.28. The number of carbonyl (C=O) groups is 1. The lowest BCUT2D eigenvalue weighted by atomic mass is 10.1. The van der Waals surface area contributed by atoms with E-state index in [9.17, 15) is 13.6 Å². The summed E-state index contributed by atoms with van der Waals surface area (Å²) in [5.74, 6) is -1.78. The molecule has 0 unspecified atom stereocenters. The minimum absolute atomic E-state index is 0.178. The van der Waals surface area contributed by atoms with E-state index in [4.69, 9.17) is 0 Å². The summed E-state index contributed by atoms with van der Waals surface area (Å²) in [6.45, 7) is 1.84. The SMILES string of the molecule is Cc1cc(Br)cc(C(=O)Nc2cc(F)ccc2F)c1. The van der Waals surface area contributed by atoms with E-state index < -0.39 is 17.5 Å². The predicted octanol–water partition coefficient (Wildman–Crippen LogP) is 4.29. The van der Waals surface area contributed by atoms with Crippen LogP contribution in [0.5, 0.6) is 0 Å². The molecule has 0 aromatic heterocycles. The van der Waals surface area contributed by atoms with Crippen molar-refractivity contribution in [1.29, 1.82) is 0 Å². The first-order valence-corrected chi connectivity index (χ1v) is 6.28. The average Bonchev–Trinajstić information content (AvgIpc) is 2.32. The largest absolute Gasteiger partial charge is 0.319 e. The molecule has 2 aromatic carbocycles. The molecule has 2 aromatic rings. The van der Waals surface area contributed by atoms with Crippen molar-refractivity contribution < 1.29 is 13.6 Å². The van der Waals surface area contributed by atoms with Gasteiger partial charge in [-0.15, -0.1) is 0 Å². The van der Waals surface area contributed by atoms with Gasteiger partial charge in [0.1, 0.15) is 11.6 Å². The Morgan fingerprint density at radius 2 is 1.89 bits per heavy atom. The molecule has 0 saturated carbocycles. The number of amides is 1. The Labute approximate surface area is 117 Å². The molecule has 2 nitrogen and oxygen atoms in total. The van der Waals surface area contributed by atoms with Gasteiger partial charge >= 0.3 is 0 Å². The van der Waals surface area contributed by atoms with Gasteiger partial charge < -0.3 is 5.32 Å². The maximum absolute atomic E-state index is 13.4. The summed E-state index contributed by atoms with van der Waals surface area (Å²) in [7, 11) is 0. The standard InChI is InChI=1S/C14H10BrF2NO/c1-8-4-9(6-10(15)5-8)14(19)18-13-7-11(16)2-3-12(13)17/h2-7H,1H3,(H,18,19). The van der Waals surface area contributed by atoms with Crippen LogP contribution in [-0.4, -0.2) is 5.91 Å². The quantitative estimate of drug-likeness (QED) is 0.876. The van der Waals surface area contributed by atoms with Crippen molar-refractivity contribution in [3.63, 3.8) is 0 Å². The van der Waals surface area contributed by atoms with E-state index in [-0.39, 0.29) is 5.69 Å². The second-order valence-corrected chi connectivity index (χ2v) is 5.01. The van der Waals surface area contributed by atoms with Crippen LogP contribution in [0.4, 0.5) is 14.5 Å². The summed E-state index contributed by atoms with van der Waals surface area (Å²) in [5, 5.41) is 2.35. The van der Waals surface area contributed by atoms with Gasteiger partial charge in [0.2, 0.25) is 0 Å². The van der Waals surface area contributed by atoms with Gasteiger partial charge in [-0.05, 0) is 42.8 Å². The Morgan fingerprint density at radius 3 is 2.58 bits per heavy atom. The third-order valence-corrected chi connectivity index (χ3v) is 2.94. The molecule has 0 fully saturated rings. The van der Waals surface area contributed by atoms with Gasteiger partial charge in [0, 0.05) is 16.1 Å². The molecule has 0 spiro atoms. The van der Waals surface area contributed by atoms with Gasteiger partial charge in [0.25, 0.3) is 5.91 Å². The van der Waals surface area contributed by atoms with Crippen molar-refractivity contribution in [1.82, 2.24) is 0 Å². The summed E-state index contributed by atoms with van der Waals surface area (Å²) < 4.78 is 27.2. The number of halogens is 3. The van der Waals surface area contributed by atoms with Crippen LogP contribution in [0.15, 0.2) is 40.9 Å². The lowest BCUT2D eigenvalue weighted by Crippen LogP contribution is -2.13. The van der Waals surface area contributed by atoms with Crippen molar-refractivity contribution in [3.8, 4) is 0 Å². The first-order valence-electron chi connectivity index (χ1n) is 5.49. The van der Waals surface area contributed by atoms with Gasteiger partial charge in [-0.2, -0.15) is 0 Å². The highest BCUT2D eigenvalue weighted by Gasteiger charge is 2.11. The molecular formula is C14H10BrF2NO. The fourth-order valence-corrected chi connectivity index (χ4v) is 2.26. The number of rotatable bonds is 2. The van der Waals surface area contributed by atoms with E-state index in [1.807, 2.05) is 13.0 Å². The molecule has 0 aliphatic carbocycles. The van der Waals surface area contributed by atoms with Gasteiger partial charge in [0.15, 0.2) is 0 Å². The molecule has 19 heavy (non-hydrogen) atoms. The van der Waals surface area contributed by atoms with Gasteiger partial charge in [-0.25, -0.2) is 8.78 Å². The van der Waals surface area contributed by atoms with Gasteiger partial charge in [-0.1, -0.05) is 15.9 Å². The third-order valence-electron chi connectivity index (χ3n) is 2.48. The molecule has 1 N–H and O–H groups in total. The van der Waals surface area contributed by atoms with Gasteiger partial charge in [-0.3, -0.25) is 4.79 Å². The topological polar surface area (TPSA) is 29.1 Å². The molecule has 1 amide bonds. The molecule has 0 saturated heterocycles. The van der Waals surface area contributed by atoms with E-state index in [1.165, 1.54) is 0 Å². The van der Waals surface area contributed by atoms with E-state index in [2.05, 4.69) is 21.2 Å². The Hall–Kier alpha value is -1.75. The molecule has 0 aliphatic heterocycles. The normalized spacial score (nSPS) is 10.3. The maximum atomic E-state index is 13.4. The summed E-state index contributed by atoms with van der Waals surface area (Å²) >= 11 is 3.28. The first-order chi connectivity index (χ1) is 8.95. The Kier molecular flexibility index (Phi) is 3.95. The number of carbonyl (C=O) groups excluding carboxylic acids is 1. The van der Waals surface area contributed by atoms with Crippen molar-refractivity contribution >= 4 is 27.5 Å². The Bertz CT molecular complexity index is 623. The fraction of sp³-hybridized carbons (Fsp3) is 0.0714. The van der Waals surface area contributed by atoms with Crippen LogP contribution >= 0.6 is 15.9 Å². The molecule has 0 aliphatic rings. The predicted molar refractivity (Wildman–Crippen MR) is 73.2 cm³/mol. The molecule has 0 radical (unpaired) electrons. The molecular weight excluding hydrogens is 316 g/mol. The van der Waals surface area contributed by atoms with Crippen molar-refractivity contribution in [2.75, 3.05) is 5.32 Å². The number of benzene rings is 2. The number of nitrogens with one attached hydrogen (secondary N) is 1. The minimum Gasteiger partial charge on any atom is -0.319 e. The third kappa shape index (κ3) is 3.38. The zero-order chi connectivity index (χ0) is 14.0. The second-order valence-electron chi connectivity index (χ2n) is 4.10. The van der Waals surface area contributed by atoms with Crippen LogP contribution in [0.3, 0.4) is 0 Å². The van der Waals surface area contributed by atoms with Crippen LogP contribution in [-0.2, 0) is 0 Å². The summed E-state index contributed by atoms with van der Waals surface area (Å²) in [6, 6.07) is 8.03. The van der Waals surface area contributed by atoms with Crippen LogP contribution in [0, 0.1) is 18.6 Å². The maximum Gasteiger partial charge on any atom is 0.255 e. The van der Waals surface area contributed by atoms with Crippen molar-refractivity contribution in [2.45, 2.75) is 6.92 Å². The zero-order valence-corrected chi connectivity index (χ0v) is 11.6. The van der Waals surface area contributed by atoms with E-state index in [0.717, 1.165) is 28.2 Å². The number of hydrogen-bond donors (Lipinski definition) is 1. The molecule has 0 atom stereocenters. The van der Waals surface area contributed by atoms with E-state index >= 15 is 0 Å². The van der Waals surface area contributed by atoms with E-state index in [1.54, 1.807) is 12.1 Å². The fourth-order valence-electron chi connectivity index (χ4n) is 1.66. The lowest BCUT2D eigenvalue weighted by molar-refractivity contribution is 0.102. The van der Waals surface area contributed by atoms with Crippen LogP contribution in [0.2, 0.25) is 0 Å². The zero-order valence-electron chi connectivity index (χ0n) is 10.0. The summed E-state index contributed by atoms with van der Waals surface area (Å²) in [6.07, 6.45) is 0. The highest BCUT2D eigenvalue weighted by atomic mass is 79.9. The molecule has 0 heterocycles. The minimum atomic E-state index is -0.679. The summed E-state index contributed by atoms with van der Waals surface area (Å²) in [4.78, 5) is 12.0. The smallest absolute Gasteiger partial charge is 0.255 e. The molecule has 0 bridgehead atoms. The van der Waals surface area contributed by atoms with Crippen LogP contribution < -0.4 is 5.32 Å². The lowest BCUT2D eigenvalue weighted by Gasteiger charge is -2.07. The van der Waals surface area contributed by atoms with Crippen LogP contribution in [0.25, 0.3) is 0 Å². The average molecular weight is 326 g/mol. The van der Waals surface area contributed by atoms with Crippen molar-refractivity contribution in [2.24, 2.45) is 0 Å². The molecule has 2 rings (SSSR count). The first kappa shape index (κ1) is 13.7. The highest BCUT2D eigenvalue weighted by Crippen LogP contribution is 2.19. The second kappa shape index (κ2) is 5.48. The number of anilines is 1. The number of hydrogen-bond acceptors (Lipinski definition) is 1. The number of aryl methyl sites for hydroxylation is 1. The van der Waals surface area contributed by atoms with E-state index in [0.29, 0.717) is 5.56 Å². The van der Waals surface area contributed by atoms with Crippen LogP contribution in [0.1, 0.15) is 15.9 Å².